The van der Waals surface area contributed by atoms with Crippen molar-refractivity contribution < 1.29 is 14.0 Å². The molecule has 1 amide bonds. The molecule has 0 saturated heterocycles. The van der Waals surface area contributed by atoms with Crippen molar-refractivity contribution >= 4 is 5.91 Å². The van der Waals surface area contributed by atoms with Crippen molar-refractivity contribution in [3.05, 3.63) is 35.1 Å². The van der Waals surface area contributed by atoms with Gasteiger partial charge in [0.05, 0.1) is 6.61 Å². The van der Waals surface area contributed by atoms with Gasteiger partial charge in [-0.05, 0) is 18.1 Å². The molecule has 0 fully saturated rings. The molecule has 0 bridgehead atoms. The molecule has 0 saturated carbocycles. The molecule has 1 rings (SSSR count). The first-order chi connectivity index (χ1) is 8.00. The number of nitrogens with two attached hydrogens (primary N) is 1. The standard InChI is InChI=1S/C12H17FN2O2/c1-8(2)7-17-15-6-10-4-3-9(12(14)16)5-11(10)13/h3-5,8,15H,6-7H2,1-2H3,(H2,14,16). The highest BCUT2D eigenvalue weighted by atomic mass is 19.1. The van der Waals surface area contributed by atoms with Crippen LogP contribution in [-0.2, 0) is 11.4 Å². The summed E-state index contributed by atoms with van der Waals surface area (Å²) in [4.78, 5) is 15.9. The minimum Gasteiger partial charge on any atom is -0.366 e. The summed E-state index contributed by atoms with van der Waals surface area (Å²) >= 11 is 0. The highest BCUT2D eigenvalue weighted by Gasteiger charge is 2.06. The zero-order valence-electron chi connectivity index (χ0n) is 10.00. The van der Waals surface area contributed by atoms with E-state index in [1.165, 1.54) is 12.1 Å². The molecule has 94 valence electrons. The van der Waals surface area contributed by atoms with Crippen LogP contribution in [0.4, 0.5) is 4.39 Å². The SMILES string of the molecule is CC(C)CONCc1ccc(C(N)=O)cc1F. The molecule has 0 unspecified atom stereocenters. The van der Waals surface area contributed by atoms with E-state index in [4.69, 9.17) is 10.6 Å². The van der Waals surface area contributed by atoms with Crippen LogP contribution < -0.4 is 11.2 Å². The molecule has 0 aliphatic heterocycles. The van der Waals surface area contributed by atoms with Gasteiger partial charge >= 0.3 is 0 Å². The number of primary amides is 1. The Morgan fingerprint density at radius 2 is 2.24 bits per heavy atom. The van der Waals surface area contributed by atoms with E-state index >= 15 is 0 Å². The van der Waals surface area contributed by atoms with Gasteiger partial charge in [0.15, 0.2) is 0 Å². The number of hydrogen-bond acceptors (Lipinski definition) is 3. The van der Waals surface area contributed by atoms with E-state index in [9.17, 15) is 9.18 Å². The number of rotatable bonds is 6. The van der Waals surface area contributed by atoms with Gasteiger partial charge in [-0.3, -0.25) is 4.79 Å². The van der Waals surface area contributed by atoms with Crippen molar-refractivity contribution in [2.75, 3.05) is 6.61 Å². The number of carbonyl (C=O) groups is 1. The Hall–Kier alpha value is -1.46. The lowest BCUT2D eigenvalue weighted by Crippen LogP contribution is -2.18. The molecule has 0 aromatic heterocycles. The summed E-state index contributed by atoms with van der Waals surface area (Å²) in [6, 6.07) is 4.13. The molecule has 0 heterocycles. The molecule has 0 aliphatic rings. The fourth-order valence-corrected chi connectivity index (χ4v) is 1.20. The molecule has 17 heavy (non-hydrogen) atoms. The first-order valence-electron chi connectivity index (χ1n) is 5.43. The summed E-state index contributed by atoms with van der Waals surface area (Å²) in [5.74, 6) is -0.703. The largest absolute Gasteiger partial charge is 0.366 e. The molecule has 0 radical (unpaired) electrons. The van der Waals surface area contributed by atoms with Crippen molar-refractivity contribution in [3.63, 3.8) is 0 Å². The second-order valence-corrected chi connectivity index (χ2v) is 4.20. The number of hydrogen-bond donors (Lipinski definition) is 2. The fraction of sp³-hybridized carbons (Fsp3) is 0.417. The van der Waals surface area contributed by atoms with Gasteiger partial charge in [0.25, 0.3) is 0 Å². The Morgan fingerprint density at radius 3 is 2.76 bits per heavy atom. The van der Waals surface area contributed by atoms with Crippen LogP contribution in [0.5, 0.6) is 0 Å². The first kappa shape index (κ1) is 13.6. The second-order valence-electron chi connectivity index (χ2n) is 4.20. The van der Waals surface area contributed by atoms with Gasteiger partial charge < -0.3 is 10.6 Å². The minimum absolute atomic E-state index is 0.161. The van der Waals surface area contributed by atoms with Crippen molar-refractivity contribution in [2.24, 2.45) is 11.7 Å². The summed E-state index contributed by atoms with van der Waals surface area (Å²) in [6.45, 7) is 4.84. The second kappa shape index (κ2) is 6.32. The van der Waals surface area contributed by atoms with Crippen molar-refractivity contribution in [3.8, 4) is 0 Å². The highest BCUT2D eigenvalue weighted by Crippen LogP contribution is 2.10. The van der Waals surface area contributed by atoms with E-state index in [0.717, 1.165) is 6.07 Å². The van der Waals surface area contributed by atoms with Gasteiger partial charge in [-0.1, -0.05) is 19.9 Å². The van der Waals surface area contributed by atoms with Crippen LogP contribution in [0, 0.1) is 11.7 Å². The van der Waals surface area contributed by atoms with E-state index in [-0.39, 0.29) is 12.1 Å². The number of halogens is 1. The Kier molecular flexibility index (Phi) is 5.06. The van der Waals surface area contributed by atoms with Gasteiger partial charge in [-0.2, -0.15) is 5.48 Å². The highest BCUT2D eigenvalue weighted by molar-refractivity contribution is 5.92. The quantitative estimate of drug-likeness (QED) is 0.586. The minimum atomic E-state index is -0.639. The predicted molar refractivity (Wildman–Crippen MR) is 62.5 cm³/mol. The molecule has 1 aromatic carbocycles. The van der Waals surface area contributed by atoms with Crippen LogP contribution in [0.1, 0.15) is 29.8 Å². The maximum absolute atomic E-state index is 13.5. The average Bonchev–Trinajstić information content (AvgIpc) is 2.25. The first-order valence-corrected chi connectivity index (χ1v) is 5.43. The Balaban J connectivity index is 2.52. The van der Waals surface area contributed by atoms with E-state index in [1.54, 1.807) is 0 Å². The normalized spacial score (nSPS) is 10.8. The lowest BCUT2D eigenvalue weighted by atomic mass is 10.1. The van der Waals surface area contributed by atoms with Gasteiger partial charge in [0.1, 0.15) is 5.82 Å². The third kappa shape index (κ3) is 4.50. The van der Waals surface area contributed by atoms with Crippen LogP contribution in [0.3, 0.4) is 0 Å². The summed E-state index contributed by atoms with van der Waals surface area (Å²) in [6.07, 6.45) is 0. The van der Waals surface area contributed by atoms with E-state index < -0.39 is 11.7 Å². The van der Waals surface area contributed by atoms with E-state index in [0.29, 0.717) is 18.1 Å². The molecule has 0 spiro atoms. The number of amides is 1. The van der Waals surface area contributed by atoms with Crippen LogP contribution in [0.25, 0.3) is 0 Å². The smallest absolute Gasteiger partial charge is 0.248 e. The maximum Gasteiger partial charge on any atom is 0.248 e. The monoisotopic (exact) mass is 240 g/mol. The number of nitrogens with one attached hydrogen (secondary N) is 1. The van der Waals surface area contributed by atoms with Gasteiger partial charge in [0, 0.05) is 17.7 Å². The van der Waals surface area contributed by atoms with E-state index in [2.05, 4.69) is 5.48 Å². The summed E-state index contributed by atoms with van der Waals surface area (Å²) in [5, 5.41) is 0. The molecule has 4 nitrogen and oxygen atoms in total. The predicted octanol–water partition coefficient (Wildman–Crippen LogP) is 1.60. The maximum atomic E-state index is 13.5. The topological polar surface area (TPSA) is 64.3 Å². The third-order valence-corrected chi connectivity index (χ3v) is 2.12. The van der Waals surface area contributed by atoms with Gasteiger partial charge in [-0.15, -0.1) is 0 Å². The summed E-state index contributed by atoms with van der Waals surface area (Å²) in [5.41, 5.74) is 8.30. The zero-order valence-corrected chi connectivity index (χ0v) is 10.00. The zero-order chi connectivity index (χ0) is 12.8. The lowest BCUT2D eigenvalue weighted by molar-refractivity contribution is 0.0191. The third-order valence-electron chi connectivity index (χ3n) is 2.12. The number of benzene rings is 1. The summed E-state index contributed by atoms with van der Waals surface area (Å²) < 4.78 is 13.5. The van der Waals surface area contributed by atoms with Crippen LogP contribution in [0.15, 0.2) is 18.2 Å². The lowest BCUT2D eigenvalue weighted by Gasteiger charge is -2.09. The van der Waals surface area contributed by atoms with Crippen LogP contribution in [-0.4, -0.2) is 12.5 Å². The number of carbonyl (C=O) groups excluding carboxylic acids is 1. The Morgan fingerprint density at radius 1 is 1.53 bits per heavy atom. The molecule has 0 atom stereocenters. The molecule has 0 aliphatic carbocycles. The molecule has 3 N–H and O–H groups in total. The van der Waals surface area contributed by atoms with Gasteiger partial charge in [0.2, 0.25) is 5.91 Å². The molecular weight excluding hydrogens is 223 g/mol. The van der Waals surface area contributed by atoms with Crippen molar-refractivity contribution in [1.82, 2.24) is 5.48 Å². The van der Waals surface area contributed by atoms with Crippen LogP contribution in [0.2, 0.25) is 0 Å². The van der Waals surface area contributed by atoms with Gasteiger partial charge in [-0.25, -0.2) is 4.39 Å². The molecule has 5 heteroatoms. The average molecular weight is 240 g/mol. The summed E-state index contributed by atoms with van der Waals surface area (Å²) in [7, 11) is 0. The van der Waals surface area contributed by atoms with E-state index in [1.807, 2.05) is 13.8 Å². The van der Waals surface area contributed by atoms with Crippen LogP contribution >= 0.6 is 0 Å². The fourth-order valence-electron chi connectivity index (χ4n) is 1.20. The van der Waals surface area contributed by atoms with Crippen molar-refractivity contribution in [2.45, 2.75) is 20.4 Å². The number of hydroxylamine groups is 1. The molecular formula is C12H17FN2O2. The Bertz CT molecular complexity index is 394. The van der Waals surface area contributed by atoms with Crippen molar-refractivity contribution in [1.29, 1.82) is 0 Å². The molecule has 1 aromatic rings. The Labute approximate surface area is 99.9 Å².